The lowest BCUT2D eigenvalue weighted by Crippen LogP contribution is -2.11. The second kappa shape index (κ2) is 5.76. The molecule has 0 unspecified atom stereocenters. The second-order valence-corrected chi connectivity index (χ2v) is 6.62. The number of aromatic amines is 1. The Hall–Kier alpha value is -2.67. The first-order valence-electron chi connectivity index (χ1n) is 7.55. The highest BCUT2D eigenvalue weighted by Crippen LogP contribution is 2.23. The number of para-hydroxylation sites is 2. The molecule has 0 aliphatic rings. The van der Waals surface area contributed by atoms with Crippen LogP contribution in [-0.2, 0) is 5.75 Å². The zero-order valence-corrected chi connectivity index (χ0v) is 14.1. The molecule has 6 nitrogen and oxygen atoms in total. The van der Waals surface area contributed by atoms with Gasteiger partial charge in [-0.25, -0.2) is 0 Å². The highest BCUT2D eigenvalue weighted by molar-refractivity contribution is 7.98. The van der Waals surface area contributed by atoms with Gasteiger partial charge in [0.2, 0.25) is 5.65 Å². The highest BCUT2D eigenvalue weighted by atomic mass is 32.2. The van der Waals surface area contributed by atoms with Gasteiger partial charge in [0.1, 0.15) is 0 Å². The minimum absolute atomic E-state index is 0.238. The zero-order chi connectivity index (χ0) is 16.7. The van der Waals surface area contributed by atoms with Crippen LogP contribution in [0.15, 0.2) is 46.3 Å². The largest absolute Gasteiger partial charge is 0.317 e. The average Bonchev–Trinajstić information content (AvgIpc) is 2.97. The predicted molar refractivity (Wildman–Crippen MR) is 94.4 cm³/mol. The Morgan fingerprint density at radius 3 is 2.83 bits per heavy atom. The Kier molecular flexibility index (Phi) is 3.57. The molecule has 0 spiro atoms. The SMILES string of the molecule is Cc1cc(C)nc(CSc2nnc3c(=O)[nH]c4ccccc4n23)c1. The number of nitrogens with one attached hydrogen (secondary N) is 1. The van der Waals surface area contributed by atoms with Crippen LogP contribution < -0.4 is 5.56 Å². The third-order valence-corrected chi connectivity index (χ3v) is 4.69. The van der Waals surface area contributed by atoms with Gasteiger partial charge in [0.15, 0.2) is 5.16 Å². The summed E-state index contributed by atoms with van der Waals surface area (Å²) in [4.78, 5) is 19.6. The van der Waals surface area contributed by atoms with Crippen molar-refractivity contribution in [1.82, 2.24) is 24.6 Å². The lowest BCUT2D eigenvalue weighted by Gasteiger charge is -2.05. The van der Waals surface area contributed by atoms with Crippen molar-refractivity contribution in [2.24, 2.45) is 0 Å². The minimum atomic E-state index is -0.238. The number of hydrogen-bond acceptors (Lipinski definition) is 5. The molecule has 0 amide bonds. The van der Waals surface area contributed by atoms with Crippen LogP contribution in [0.2, 0.25) is 0 Å². The van der Waals surface area contributed by atoms with Crippen molar-refractivity contribution in [2.75, 3.05) is 0 Å². The highest BCUT2D eigenvalue weighted by Gasteiger charge is 2.13. The van der Waals surface area contributed by atoms with Gasteiger partial charge in [-0.1, -0.05) is 23.9 Å². The molecule has 0 saturated carbocycles. The maximum absolute atomic E-state index is 12.2. The van der Waals surface area contributed by atoms with Crippen LogP contribution in [0, 0.1) is 13.8 Å². The smallest absolute Gasteiger partial charge is 0.294 e. The standard InChI is InChI=1S/C17H15N5OS/c1-10-7-11(2)18-12(8-10)9-24-17-21-20-15-16(23)19-13-5-3-4-6-14(13)22(15)17/h3-8H,9H2,1-2H3,(H,19,23). The fourth-order valence-electron chi connectivity index (χ4n) is 2.82. The first-order chi connectivity index (χ1) is 11.6. The number of pyridine rings is 1. The Bertz CT molecular complexity index is 1090. The van der Waals surface area contributed by atoms with Crippen LogP contribution in [0.1, 0.15) is 17.0 Å². The van der Waals surface area contributed by atoms with E-state index in [-0.39, 0.29) is 5.56 Å². The van der Waals surface area contributed by atoms with E-state index in [4.69, 9.17) is 0 Å². The van der Waals surface area contributed by atoms with E-state index >= 15 is 0 Å². The molecule has 0 aliphatic carbocycles. The summed E-state index contributed by atoms with van der Waals surface area (Å²) in [6.07, 6.45) is 0. The molecule has 0 atom stereocenters. The summed E-state index contributed by atoms with van der Waals surface area (Å²) >= 11 is 1.52. The van der Waals surface area contributed by atoms with Crippen molar-refractivity contribution in [3.8, 4) is 0 Å². The van der Waals surface area contributed by atoms with Crippen LogP contribution in [-0.4, -0.2) is 24.6 Å². The first-order valence-corrected chi connectivity index (χ1v) is 8.53. The van der Waals surface area contributed by atoms with Gasteiger partial charge in [0, 0.05) is 11.4 Å². The number of nitrogens with zero attached hydrogens (tertiary/aromatic N) is 4. The summed E-state index contributed by atoms with van der Waals surface area (Å²) in [5, 5.41) is 8.93. The molecular weight excluding hydrogens is 322 g/mol. The number of fused-ring (bicyclic) bond motifs is 3. The molecule has 0 radical (unpaired) electrons. The van der Waals surface area contributed by atoms with E-state index in [9.17, 15) is 4.79 Å². The summed E-state index contributed by atoms with van der Waals surface area (Å²) in [7, 11) is 0. The Balaban J connectivity index is 1.78. The van der Waals surface area contributed by atoms with Gasteiger partial charge in [-0.05, 0) is 43.7 Å². The van der Waals surface area contributed by atoms with E-state index < -0.39 is 0 Å². The number of benzene rings is 1. The molecule has 1 aromatic carbocycles. The number of aryl methyl sites for hydroxylation is 2. The molecule has 120 valence electrons. The summed E-state index contributed by atoms with van der Waals surface area (Å²) in [5.74, 6) is 0.671. The van der Waals surface area contributed by atoms with Crippen molar-refractivity contribution in [3.05, 3.63) is 63.7 Å². The van der Waals surface area contributed by atoms with E-state index in [1.165, 1.54) is 17.3 Å². The molecule has 3 aromatic heterocycles. The van der Waals surface area contributed by atoms with E-state index in [0.29, 0.717) is 16.6 Å². The van der Waals surface area contributed by atoms with Gasteiger partial charge in [-0.2, -0.15) is 0 Å². The topological polar surface area (TPSA) is 75.9 Å². The third kappa shape index (κ3) is 2.56. The lowest BCUT2D eigenvalue weighted by molar-refractivity contribution is 0.936. The zero-order valence-electron chi connectivity index (χ0n) is 13.3. The normalized spacial score (nSPS) is 11.4. The predicted octanol–water partition coefficient (Wildman–Crippen LogP) is 2.87. The van der Waals surface area contributed by atoms with Crippen molar-refractivity contribution in [1.29, 1.82) is 0 Å². The van der Waals surface area contributed by atoms with E-state index in [1.807, 2.05) is 41.7 Å². The molecular formula is C17H15N5OS. The van der Waals surface area contributed by atoms with Crippen molar-refractivity contribution < 1.29 is 0 Å². The number of H-pyrrole nitrogens is 1. The van der Waals surface area contributed by atoms with Crippen LogP contribution in [0.4, 0.5) is 0 Å². The molecule has 7 heteroatoms. The fraction of sp³-hybridized carbons (Fsp3) is 0.176. The molecule has 0 bridgehead atoms. The third-order valence-electron chi connectivity index (χ3n) is 3.73. The van der Waals surface area contributed by atoms with Crippen molar-refractivity contribution in [3.63, 3.8) is 0 Å². The molecule has 0 fully saturated rings. The Labute approximate surface area is 142 Å². The monoisotopic (exact) mass is 337 g/mol. The number of hydrogen-bond donors (Lipinski definition) is 1. The van der Waals surface area contributed by atoms with Gasteiger partial charge >= 0.3 is 0 Å². The summed E-state index contributed by atoms with van der Waals surface area (Å²) in [6.45, 7) is 4.04. The van der Waals surface area contributed by atoms with Gasteiger partial charge in [-0.15, -0.1) is 10.2 Å². The summed E-state index contributed by atoms with van der Waals surface area (Å²) in [5.41, 5.74) is 4.89. The first kappa shape index (κ1) is 14.9. The molecule has 4 aromatic rings. The molecule has 0 aliphatic heterocycles. The van der Waals surface area contributed by atoms with Gasteiger partial charge < -0.3 is 4.98 Å². The van der Waals surface area contributed by atoms with Crippen LogP contribution in [0.25, 0.3) is 16.7 Å². The quantitative estimate of drug-likeness (QED) is 0.582. The minimum Gasteiger partial charge on any atom is -0.317 e. The van der Waals surface area contributed by atoms with Gasteiger partial charge in [0.05, 0.1) is 16.7 Å². The maximum atomic E-state index is 12.2. The maximum Gasteiger partial charge on any atom is 0.294 e. The van der Waals surface area contributed by atoms with Crippen molar-refractivity contribution in [2.45, 2.75) is 24.8 Å². The molecule has 1 N–H and O–H groups in total. The Morgan fingerprint density at radius 1 is 1.17 bits per heavy atom. The van der Waals surface area contributed by atoms with Crippen LogP contribution in [0.5, 0.6) is 0 Å². The molecule has 4 rings (SSSR count). The number of aromatic nitrogens is 5. The van der Waals surface area contributed by atoms with Crippen LogP contribution >= 0.6 is 11.8 Å². The van der Waals surface area contributed by atoms with Crippen molar-refractivity contribution >= 4 is 28.4 Å². The molecule has 24 heavy (non-hydrogen) atoms. The number of thioether (sulfide) groups is 1. The molecule has 3 heterocycles. The van der Waals surface area contributed by atoms with Gasteiger partial charge in [0.25, 0.3) is 5.56 Å². The summed E-state index contributed by atoms with van der Waals surface area (Å²) in [6, 6.07) is 11.7. The van der Waals surface area contributed by atoms with E-state index in [1.54, 1.807) is 0 Å². The Morgan fingerprint density at radius 2 is 2.00 bits per heavy atom. The summed E-state index contributed by atoms with van der Waals surface area (Å²) < 4.78 is 1.81. The second-order valence-electron chi connectivity index (χ2n) is 5.68. The fourth-order valence-corrected chi connectivity index (χ4v) is 3.66. The van der Waals surface area contributed by atoms with Crippen LogP contribution in [0.3, 0.4) is 0 Å². The van der Waals surface area contributed by atoms with Gasteiger partial charge in [-0.3, -0.25) is 14.2 Å². The number of rotatable bonds is 3. The lowest BCUT2D eigenvalue weighted by atomic mass is 10.2. The van der Waals surface area contributed by atoms with E-state index in [0.717, 1.165) is 22.4 Å². The molecule has 0 saturated heterocycles. The average molecular weight is 337 g/mol. The van der Waals surface area contributed by atoms with E-state index in [2.05, 4.69) is 33.2 Å².